The Labute approximate surface area is 132 Å². The van der Waals surface area contributed by atoms with Crippen LogP contribution in [0.2, 0.25) is 10.0 Å². The molecule has 0 aromatic heterocycles. The van der Waals surface area contributed by atoms with Gasteiger partial charge in [0.25, 0.3) is 0 Å². The molecule has 2 aromatic carbocycles. The fourth-order valence-corrected chi connectivity index (χ4v) is 3.21. The van der Waals surface area contributed by atoms with E-state index in [1.807, 2.05) is 32.0 Å². The summed E-state index contributed by atoms with van der Waals surface area (Å²) in [5, 5.41) is 1.60. The molecule has 0 aliphatic rings. The lowest BCUT2D eigenvalue weighted by atomic mass is 9.98. The summed E-state index contributed by atoms with van der Waals surface area (Å²) in [4.78, 5) is 0.126. The molecule has 0 aliphatic heterocycles. The Kier molecular flexibility index (Phi) is 4.60. The first-order chi connectivity index (χ1) is 8.90. The highest BCUT2D eigenvalue weighted by Crippen LogP contribution is 2.36. The van der Waals surface area contributed by atoms with Gasteiger partial charge in [0, 0.05) is 10.0 Å². The Bertz CT molecular complexity index is 620. The maximum absolute atomic E-state index is 6.20. The van der Waals surface area contributed by atoms with Crippen LogP contribution in [0.25, 0.3) is 0 Å². The lowest BCUT2D eigenvalue weighted by molar-refractivity contribution is 1.13. The third kappa shape index (κ3) is 3.16. The highest BCUT2D eigenvalue weighted by atomic mass is 79.9. The molecule has 1 unspecified atom stereocenters. The highest BCUT2D eigenvalue weighted by Gasteiger charge is 2.15. The molecule has 0 N–H and O–H groups in total. The van der Waals surface area contributed by atoms with E-state index < -0.39 is 0 Å². The minimum Gasteiger partial charge on any atom is -0.0840 e. The molecule has 0 nitrogen and oxygen atoms in total. The number of rotatable bonds is 2. The minimum absolute atomic E-state index is 0.126. The van der Waals surface area contributed by atoms with Crippen LogP contribution in [0.3, 0.4) is 0 Å². The second kappa shape index (κ2) is 5.87. The molecule has 1 atom stereocenters. The van der Waals surface area contributed by atoms with Gasteiger partial charge in [-0.05, 0) is 60.7 Å². The molecule has 0 spiro atoms. The number of alkyl halides is 1. The molecule has 0 amide bonds. The standard InChI is InChI=1S/C16H15BrCl2/c1-9-4-5-12(8-15(9)19)16(17)13-6-11(3)14(18)7-10(13)2/h4-8,16H,1-3H3. The van der Waals surface area contributed by atoms with E-state index >= 15 is 0 Å². The summed E-state index contributed by atoms with van der Waals surface area (Å²) < 4.78 is 0. The topological polar surface area (TPSA) is 0 Å². The number of benzene rings is 2. The van der Waals surface area contributed by atoms with Gasteiger partial charge >= 0.3 is 0 Å². The van der Waals surface area contributed by atoms with E-state index in [0.717, 1.165) is 26.7 Å². The fraction of sp³-hybridized carbons (Fsp3) is 0.250. The van der Waals surface area contributed by atoms with Crippen molar-refractivity contribution in [1.82, 2.24) is 0 Å². The normalized spacial score (nSPS) is 12.5. The van der Waals surface area contributed by atoms with Crippen LogP contribution in [-0.2, 0) is 0 Å². The van der Waals surface area contributed by atoms with Gasteiger partial charge in [-0.15, -0.1) is 0 Å². The first-order valence-electron chi connectivity index (χ1n) is 6.07. The van der Waals surface area contributed by atoms with Crippen molar-refractivity contribution in [2.24, 2.45) is 0 Å². The Hall–Kier alpha value is -0.500. The lowest BCUT2D eigenvalue weighted by Crippen LogP contribution is -1.97. The Morgan fingerprint density at radius 3 is 2.11 bits per heavy atom. The largest absolute Gasteiger partial charge is 0.0840 e. The van der Waals surface area contributed by atoms with Crippen LogP contribution in [0.5, 0.6) is 0 Å². The molecule has 0 saturated heterocycles. The van der Waals surface area contributed by atoms with Gasteiger partial charge in [0.05, 0.1) is 4.83 Å². The van der Waals surface area contributed by atoms with Crippen molar-refractivity contribution in [2.45, 2.75) is 25.6 Å². The zero-order valence-electron chi connectivity index (χ0n) is 11.1. The summed E-state index contributed by atoms with van der Waals surface area (Å²) >= 11 is 16.1. The number of aryl methyl sites for hydroxylation is 3. The highest BCUT2D eigenvalue weighted by molar-refractivity contribution is 9.09. The van der Waals surface area contributed by atoms with Crippen LogP contribution in [0.1, 0.15) is 32.6 Å². The summed E-state index contributed by atoms with van der Waals surface area (Å²) in [6.45, 7) is 6.10. The van der Waals surface area contributed by atoms with Gasteiger partial charge in [0.15, 0.2) is 0 Å². The average molecular weight is 358 g/mol. The van der Waals surface area contributed by atoms with Crippen LogP contribution < -0.4 is 0 Å². The lowest BCUT2D eigenvalue weighted by Gasteiger charge is -2.16. The first kappa shape index (κ1) is 14.9. The summed E-state index contributed by atoms with van der Waals surface area (Å²) in [7, 11) is 0. The van der Waals surface area contributed by atoms with E-state index in [1.54, 1.807) is 0 Å². The van der Waals surface area contributed by atoms with Gasteiger partial charge in [0.2, 0.25) is 0 Å². The van der Waals surface area contributed by atoms with E-state index in [0.29, 0.717) is 0 Å². The fourth-order valence-electron chi connectivity index (χ4n) is 2.02. The maximum atomic E-state index is 6.20. The third-order valence-electron chi connectivity index (χ3n) is 3.31. The van der Waals surface area contributed by atoms with Crippen molar-refractivity contribution in [3.8, 4) is 0 Å². The van der Waals surface area contributed by atoms with E-state index in [-0.39, 0.29) is 4.83 Å². The Morgan fingerprint density at radius 2 is 1.47 bits per heavy atom. The van der Waals surface area contributed by atoms with Gasteiger partial charge in [-0.3, -0.25) is 0 Å². The molecule has 3 heteroatoms. The summed E-state index contributed by atoms with van der Waals surface area (Å²) in [6.07, 6.45) is 0. The Balaban J connectivity index is 2.46. The molecular formula is C16H15BrCl2. The van der Waals surface area contributed by atoms with Crippen molar-refractivity contribution in [1.29, 1.82) is 0 Å². The molecule has 100 valence electrons. The summed E-state index contributed by atoms with van der Waals surface area (Å²) in [5.41, 5.74) is 5.73. The van der Waals surface area contributed by atoms with Crippen LogP contribution in [0.4, 0.5) is 0 Å². The predicted molar refractivity (Wildman–Crippen MR) is 87.9 cm³/mol. The van der Waals surface area contributed by atoms with Gasteiger partial charge in [-0.25, -0.2) is 0 Å². The quantitative estimate of drug-likeness (QED) is 0.545. The minimum atomic E-state index is 0.126. The second-order valence-electron chi connectivity index (χ2n) is 4.83. The first-order valence-corrected chi connectivity index (χ1v) is 7.74. The van der Waals surface area contributed by atoms with Crippen molar-refractivity contribution >= 4 is 39.1 Å². The molecular weight excluding hydrogens is 343 g/mol. The van der Waals surface area contributed by atoms with Crippen molar-refractivity contribution in [3.63, 3.8) is 0 Å². The van der Waals surface area contributed by atoms with Crippen LogP contribution in [-0.4, -0.2) is 0 Å². The average Bonchev–Trinajstić information content (AvgIpc) is 2.36. The van der Waals surface area contributed by atoms with Crippen LogP contribution >= 0.6 is 39.1 Å². The number of hydrogen-bond donors (Lipinski definition) is 0. The second-order valence-corrected chi connectivity index (χ2v) is 6.56. The number of hydrogen-bond acceptors (Lipinski definition) is 0. The molecule has 0 aliphatic carbocycles. The van der Waals surface area contributed by atoms with Crippen molar-refractivity contribution < 1.29 is 0 Å². The Morgan fingerprint density at radius 1 is 0.842 bits per heavy atom. The molecule has 0 saturated carbocycles. The molecule has 0 fully saturated rings. The predicted octanol–water partition coefficient (Wildman–Crippen LogP) is 6.40. The summed E-state index contributed by atoms with van der Waals surface area (Å²) in [6, 6.07) is 10.3. The van der Waals surface area contributed by atoms with E-state index in [4.69, 9.17) is 23.2 Å². The molecule has 19 heavy (non-hydrogen) atoms. The van der Waals surface area contributed by atoms with Gasteiger partial charge in [-0.2, -0.15) is 0 Å². The molecule has 0 heterocycles. The summed E-state index contributed by atoms with van der Waals surface area (Å²) in [5.74, 6) is 0. The monoisotopic (exact) mass is 356 g/mol. The zero-order valence-corrected chi connectivity index (χ0v) is 14.2. The maximum Gasteiger partial charge on any atom is 0.0647 e. The van der Waals surface area contributed by atoms with E-state index in [1.165, 1.54) is 11.1 Å². The molecule has 0 radical (unpaired) electrons. The molecule has 2 aromatic rings. The third-order valence-corrected chi connectivity index (χ3v) is 5.15. The van der Waals surface area contributed by atoms with Crippen molar-refractivity contribution in [3.05, 3.63) is 68.2 Å². The van der Waals surface area contributed by atoms with Gasteiger partial charge < -0.3 is 0 Å². The molecule has 0 bridgehead atoms. The van der Waals surface area contributed by atoms with Crippen LogP contribution in [0.15, 0.2) is 30.3 Å². The van der Waals surface area contributed by atoms with E-state index in [9.17, 15) is 0 Å². The van der Waals surface area contributed by atoms with Gasteiger partial charge in [-0.1, -0.05) is 57.3 Å². The zero-order chi connectivity index (χ0) is 14.2. The molecule has 2 rings (SSSR count). The van der Waals surface area contributed by atoms with Gasteiger partial charge in [0.1, 0.15) is 0 Å². The SMILES string of the molecule is Cc1ccc(C(Br)c2cc(C)c(Cl)cc2C)cc1Cl. The van der Waals surface area contributed by atoms with Crippen LogP contribution in [0, 0.1) is 20.8 Å². The number of halogens is 3. The van der Waals surface area contributed by atoms with Crippen molar-refractivity contribution in [2.75, 3.05) is 0 Å². The van der Waals surface area contributed by atoms with E-state index in [2.05, 4.69) is 35.0 Å². The smallest absolute Gasteiger partial charge is 0.0647 e.